The van der Waals surface area contributed by atoms with E-state index in [-0.39, 0.29) is 24.8 Å². The zero-order valence-corrected chi connectivity index (χ0v) is 18.8. The van der Waals surface area contributed by atoms with E-state index in [4.69, 9.17) is 0 Å². The Balaban J connectivity index is 0.00000120. The number of hydrogen-bond donors (Lipinski definition) is 1. The number of halogens is 2. The Morgan fingerprint density at radius 2 is 1.41 bits per heavy atom. The molecule has 2 nitrogen and oxygen atoms in total. The minimum absolute atomic E-state index is 0. The summed E-state index contributed by atoms with van der Waals surface area (Å²) in [5, 5.41) is 11.9. The summed E-state index contributed by atoms with van der Waals surface area (Å²) in [4.78, 5) is 2.71. The van der Waals surface area contributed by atoms with Gasteiger partial charge >= 0.3 is 0 Å². The van der Waals surface area contributed by atoms with E-state index in [2.05, 4.69) is 78.7 Å². The molecule has 29 heavy (non-hydrogen) atoms. The van der Waals surface area contributed by atoms with Gasteiger partial charge in [-0.25, -0.2) is 0 Å². The van der Waals surface area contributed by atoms with Crippen LogP contribution in [0.1, 0.15) is 31.9 Å². The van der Waals surface area contributed by atoms with Crippen LogP contribution in [0.3, 0.4) is 0 Å². The molecule has 0 aliphatic carbocycles. The van der Waals surface area contributed by atoms with E-state index in [0.29, 0.717) is 12.0 Å². The first-order chi connectivity index (χ1) is 13.3. The van der Waals surface area contributed by atoms with Crippen LogP contribution in [0, 0.1) is 5.92 Å². The van der Waals surface area contributed by atoms with E-state index in [1.54, 1.807) is 0 Å². The molecule has 1 aliphatic heterocycles. The van der Waals surface area contributed by atoms with Crippen LogP contribution in [-0.4, -0.2) is 31.1 Å². The molecule has 4 aromatic carbocycles. The highest BCUT2D eigenvalue weighted by Crippen LogP contribution is 2.41. The van der Waals surface area contributed by atoms with Crippen molar-refractivity contribution in [2.45, 2.75) is 26.3 Å². The molecule has 1 N–H and O–H groups in total. The number of benzene rings is 4. The fourth-order valence-electron chi connectivity index (χ4n) is 5.06. The van der Waals surface area contributed by atoms with Crippen LogP contribution in [0.15, 0.2) is 54.6 Å². The molecule has 4 aromatic rings. The topological polar surface area (TPSA) is 15.3 Å². The van der Waals surface area contributed by atoms with Crippen molar-refractivity contribution in [2.75, 3.05) is 26.2 Å². The van der Waals surface area contributed by atoms with Gasteiger partial charge in [-0.2, -0.15) is 0 Å². The predicted molar refractivity (Wildman–Crippen MR) is 131 cm³/mol. The van der Waals surface area contributed by atoms with Crippen molar-refractivity contribution in [3.8, 4) is 0 Å². The van der Waals surface area contributed by atoms with Crippen LogP contribution in [0.2, 0.25) is 0 Å². The van der Waals surface area contributed by atoms with Gasteiger partial charge in [-0.1, -0.05) is 74.9 Å². The molecule has 1 saturated heterocycles. The van der Waals surface area contributed by atoms with Crippen LogP contribution in [-0.2, 0) is 0 Å². The molecule has 0 bridgehead atoms. The smallest absolute Gasteiger partial charge is 0.0380 e. The summed E-state index contributed by atoms with van der Waals surface area (Å²) in [5.41, 5.74) is 1.51. The highest BCUT2D eigenvalue weighted by atomic mass is 35.5. The van der Waals surface area contributed by atoms with Crippen molar-refractivity contribution in [2.24, 2.45) is 5.92 Å². The first kappa shape index (κ1) is 22.1. The molecule has 2 atom stereocenters. The van der Waals surface area contributed by atoms with Gasteiger partial charge in [-0.05, 0) is 43.8 Å². The first-order valence-electron chi connectivity index (χ1n) is 10.4. The maximum Gasteiger partial charge on any atom is 0.0380 e. The SMILES string of the molecule is CCC(C)[C@@H](c1ccc2ccc3cccc4ccc1c2c34)N1CCNCC1.Cl.Cl. The van der Waals surface area contributed by atoms with Crippen LogP contribution in [0.25, 0.3) is 32.3 Å². The standard InChI is InChI=1S/C25H28N2.2ClH/c1-3-17(2)25(27-15-13-26-14-16-27)22-12-10-20-8-7-18-5-4-6-19-9-11-21(22)24(20)23(18)19;;/h4-12,17,25-26H,3,13-16H2,1-2H3;2*1H/t17?,25-;;/m0../s1. The maximum atomic E-state index is 3.51. The van der Waals surface area contributed by atoms with Crippen LogP contribution >= 0.6 is 24.8 Å². The van der Waals surface area contributed by atoms with E-state index in [1.165, 1.54) is 44.3 Å². The van der Waals surface area contributed by atoms with Gasteiger partial charge < -0.3 is 5.32 Å². The molecule has 0 spiro atoms. The zero-order valence-electron chi connectivity index (χ0n) is 17.2. The van der Waals surface area contributed by atoms with E-state index >= 15 is 0 Å². The van der Waals surface area contributed by atoms with Crippen molar-refractivity contribution < 1.29 is 0 Å². The van der Waals surface area contributed by atoms with Crippen molar-refractivity contribution in [3.63, 3.8) is 0 Å². The average molecular weight is 429 g/mol. The second-order valence-corrected chi connectivity index (χ2v) is 8.13. The minimum atomic E-state index is 0. The Labute approximate surface area is 185 Å². The van der Waals surface area contributed by atoms with Crippen LogP contribution < -0.4 is 5.32 Å². The molecule has 1 fully saturated rings. The average Bonchev–Trinajstić information content (AvgIpc) is 2.73. The highest BCUT2D eigenvalue weighted by Gasteiger charge is 2.28. The lowest BCUT2D eigenvalue weighted by Crippen LogP contribution is -2.46. The van der Waals surface area contributed by atoms with Gasteiger partial charge in [0.2, 0.25) is 0 Å². The fraction of sp³-hybridized carbons (Fsp3) is 0.360. The van der Waals surface area contributed by atoms with Crippen molar-refractivity contribution >= 4 is 57.1 Å². The molecule has 5 rings (SSSR count). The lowest BCUT2D eigenvalue weighted by Gasteiger charge is -2.39. The summed E-state index contributed by atoms with van der Waals surface area (Å²) in [6.07, 6.45) is 1.20. The van der Waals surface area contributed by atoms with Crippen molar-refractivity contribution in [1.29, 1.82) is 0 Å². The molecule has 1 aliphatic rings. The second kappa shape index (κ2) is 9.06. The maximum absolute atomic E-state index is 3.51. The van der Waals surface area contributed by atoms with Crippen LogP contribution in [0.4, 0.5) is 0 Å². The predicted octanol–water partition coefficient (Wildman–Crippen LogP) is 6.42. The lowest BCUT2D eigenvalue weighted by molar-refractivity contribution is 0.129. The summed E-state index contributed by atoms with van der Waals surface area (Å²) < 4.78 is 0. The van der Waals surface area contributed by atoms with Crippen molar-refractivity contribution in [3.05, 3.63) is 60.2 Å². The van der Waals surface area contributed by atoms with E-state index in [9.17, 15) is 0 Å². The third kappa shape index (κ3) is 3.68. The number of nitrogens with zero attached hydrogens (tertiary/aromatic N) is 1. The molecular formula is C25H30Cl2N2. The summed E-state index contributed by atoms with van der Waals surface area (Å²) in [6.45, 7) is 9.21. The summed E-state index contributed by atoms with van der Waals surface area (Å²) in [7, 11) is 0. The molecular weight excluding hydrogens is 399 g/mol. The monoisotopic (exact) mass is 428 g/mol. The minimum Gasteiger partial charge on any atom is -0.314 e. The van der Waals surface area contributed by atoms with E-state index in [1.807, 2.05) is 0 Å². The molecule has 0 saturated carbocycles. The Morgan fingerprint density at radius 1 is 0.828 bits per heavy atom. The van der Waals surface area contributed by atoms with Gasteiger partial charge in [0.15, 0.2) is 0 Å². The molecule has 1 unspecified atom stereocenters. The Bertz CT molecular complexity index is 1070. The Morgan fingerprint density at radius 3 is 2.07 bits per heavy atom. The van der Waals surface area contributed by atoms with E-state index in [0.717, 1.165) is 26.2 Å². The van der Waals surface area contributed by atoms with Gasteiger partial charge in [-0.15, -0.1) is 24.8 Å². The number of rotatable bonds is 4. The van der Waals surface area contributed by atoms with Gasteiger partial charge in [0.05, 0.1) is 0 Å². The Kier molecular flexibility index (Phi) is 6.90. The first-order valence-corrected chi connectivity index (χ1v) is 10.4. The fourth-order valence-corrected chi connectivity index (χ4v) is 5.06. The highest BCUT2D eigenvalue weighted by molar-refractivity contribution is 6.23. The largest absolute Gasteiger partial charge is 0.314 e. The van der Waals surface area contributed by atoms with E-state index < -0.39 is 0 Å². The normalized spacial score (nSPS) is 17.2. The third-order valence-corrected chi connectivity index (χ3v) is 6.61. The van der Waals surface area contributed by atoms with Gasteiger partial charge in [0.1, 0.15) is 0 Å². The molecule has 154 valence electrons. The van der Waals surface area contributed by atoms with Crippen molar-refractivity contribution in [1.82, 2.24) is 10.2 Å². The lowest BCUT2D eigenvalue weighted by atomic mass is 9.84. The number of nitrogens with one attached hydrogen (secondary N) is 1. The third-order valence-electron chi connectivity index (χ3n) is 6.61. The molecule has 4 heteroatoms. The molecule has 0 aromatic heterocycles. The quantitative estimate of drug-likeness (QED) is 0.377. The van der Waals surface area contributed by atoms with Crippen LogP contribution in [0.5, 0.6) is 0 Å². The van der Waals surface area contributed by atoms with Gasteiger partial charge in [-0.3, -0.25) is 4.90 Å². The molecule has 0 amide bonds. The second-order valence-electron chi connectivity index (χ2n) is 8.13. The molecule has 0 radical (unpaired) electrons. The number of piperazine rings is 1. The summed E-state index contributed by atoms with van der Waals surface area (Å²) >= 11 is 0. The summed E-state index contributed by atoms with van der Waals surface area (Å²) in [6, 6.07) is 21.2. The van der Waals surface area contributed by atoms with Gasteiger partial charge in [0.25, 0.3) is 0 Å². The zero-order chi connectivity index (χ0) is 18.4. The molecule has 1 heterocycles. The Hall–Kier alpha value is -1.58. The number of hydrogen-bond acceptors (Lipinski definition) is 2. The summed E-state index contributed by atoms with van der Waals surface area (Å²) in [5.74, 6) is 0.640. The van der Waals surface area contributed by atoms with Gasteiger partial charge in [0, 0.05) is 32.2 Å².